The van der Waals surface area contributed by atoms with Crippen molar-refractivity contribution in [3.8, 4) is 0 Å². The standard InChI is InChI=1S/C16H17F3N4O5S/c1-2-27-14(24)11-3-4-13(28-11)29(25,26)23-9-7-22(8-10-23)15-20-6-5-12(21-15)16(17,18)19/h3-6H,2,7-10H2,1H3. The van der Waals surface area contributed by atoms with Gasteiger partial charge in [-0.05, 0) is 25.1 Å². The highest BCUT2D eigenvalue weighted by atomic mass is 32.2. The summed E-state index contributed by atoms with van der Waals surface area (Å²) in [5.74, 6) is -1.14. The molecule has 3 rings (SSSR count). The molecule has 0 saturated carbocycles. The van der Waals surface area contributed by atoms with E-state index in [1.807, 2.05) is 0 Å². The van der Waals surface area contributed by atoms with Gasteiger partial charge in [-0.2, -0.15) is 17.5 Å². The monoisotopic (exact) mass is 434 g/mol. The van der Waals surface area contributed by atoms with Crippen molar-refractivity contribution in [2.75, 3.05) is 37.7 Å². The average molecular weight is 434 g/mol. The molecule has 1 aliphatic heterocycles. The molecule has 2 aromatic heterocycles. The first-order chi connectivity index (χ1) is 13.6. The van der Waals surface area contributed by atoms with Crippen LogP contribution in [0.5, 0.6) is 0 Å². The Labute approximate surface area is 164 Å². The van der Waals surface area contributed by atoms with Gasteiger partial charge in [-0.15, -0.1) is 0 Å². The van der Waals surface area contributed by atoms with Gasteiger partial charge in [-0.3, -0.25) is 0 Å². The van der Waals surface area contributed by atoms with Crippen LogP contribution in [0.3, 0.4) is 0 Å². The molecule has 0 unspecified atom stereocenters. The average Bonchev–Trinajstić information content (AvgIpc) is 3.19. The number of rotatable bonds is 5. The van der Waals surface area contributed by atoms with Crippen molar-refractivity contribution < 1.29 is 35.5 Å². The first-order valence-corrected chi connectivity index (χ1v) is 9.99. The van der Waals surface area contributed by atoms with Crippen LogP contribution in [0.2, 0.25) is 0 Å². The van der Waals surface area contributed by atoms with Crippen LogP contribution in [-0.2, 0) is 20.9 Å². The molecule has 158 valence electrons. The Bertz CT molecular complexity index is 984. The van der Waals surface area contributed by atoms with E-state index in [-0.39, 0.29) is 44.5 Å². The third-order valence-corrected chi connectivity index (χ3v) is 5.88. The maximum atomic E-state index is 12.8. The summed E-state index contributed by atoms with van der Waals surface area (Å²) < 4.78 is 74.8. The van der Waals surface area contributed by atoms with Gasteiger partial charge >= 0.3 is 12.1 Å². The number of nitrogens with zero attached hydrogens (tertiary/aromatic N) is 4. The molecule has 0 aliphatic carbocycles. The number of anilines is 1. The Balaban J connectivity index is 1.70. The first kappa shape index (κ1) is 21.0. The lowest BCUT2D eigenvalue weighted by atomic mass is 10.3. The summed E-state index contributed by atoms with van der Waals surface area (Å²) in [5, 5.41) is -0.413. The zero-order valence-corrected chi connectivity index (χ0v) is 16.0. The molecule has 2 aromatic rings. The number of aromatic nitrogens is 2. The van der Waals surface area contributed by atoms with Crippen LogP contribution in [0.25, 0.3) is 0 Å². The molecule has 0 bridgehead atoms. The van der Waals surface area contributed by atoms with E-state index in [4.69, 9.17) is 9.15 Å². The van der Waals surface area contributed by atoms with E-state index in [0.29, 0.717) is 0 Å². The zero-order chi connectivity index (χ0) is 21.2. The molecule has 1 aliphatic rings. The third kappa shape index (κ3) is 4.50. The fraction of sp³-hybridized carbons (Fsp3) is 0.438. The fourth-order valence-electron chi connectivity index (χ4n) is 2.69. The second-order valence-electron chi connectivity index (χ2n) is 5.97. The van der Waals surface area contributed by atoms with Crippen molar-refractivity contribution in [3.63, 3.8) is 0 Å². The van der Waals surface area contributed by atoms with Gasteiger partial charge in [0.15, 0.2) is 0 Å². The summed E-state index contributed by atoms with van der Waals surface area (Å²) in [6.07, 6.45) is -3.59. The number of carbonyl (C=O) groups excluding carboxylic acids is 1. The van der Waals surface area contributed by atoms with Gasteiger partial charge in [-0.25, -0.2) is 23.2 Å². The molecular formula is C16H17F3N4O5S. The molecule has 0 aromatic carbocycles. The summed E-state index contributed by atoms with van der Waals surface area (Å²) in [7, 11) is -4.02. The SMILES string of the molecule is CCOC(=O)c1ccc(S(=O)(=O)N2CCN(c3nccc(C(F)(F)F)n3)CC2)o1. The quantitative estimate of drug-likeness (QED) is 0.656. The number of halogens is 3. The molecular weight excluding hydrogens is 417 g/mol. The highest BCUT2D eigenvalue weighted by molar-refractivity contribution is 7.89. The van der Waals surface area contributed by atoms with Crippen LogP contribution in [0.15, 0.2) is 33.9 Å². The predicted octanol–water partition coefficient (Wildman–Crippen LogP) is 1.78. The lowest BCUT2D eigenvalue weighted by Crippen LogP contribution is -2.49. The Morgan fingerprint density at radius 3 is 2.52 bits per heavy atom. The lowest BCUT2D eigenvalue weighted by Gasteiger charge is -2.33. The minimum Gasteiger partial charge on any atom is -0.460 e. The summed E-state index contributed by atoms with van der Waals surface area (Å²) in [5.41, 5.74) is -1.07. The molecule has 0 spiro atoms. The molecule has 1 saturated heterocycles. The first-order valence-electron chi connectivity index (χ1n) is 8.55. The van der Waals surface area contributed by atoms with E-state index in [9.17, 15) is 26.4 Å². The molecule has 9 nitrogen and oxygen atoms in total. The molecule has 0 radical (unpaired) electrons. The van der Waals surface area contributed by atoms with Crippen molar-refractivity contribution in [3.05, 3.63) is 35.9 Å². The van der Waals surface area contributed by atoms with Crippen LogP contribution in [0.4, 0.5) is 19.1 Å². The Morgan fingerprint density at radius 2 is 1.90 bits per heavy atom. The second kappa shape index (κ2) is 7.99. The smallest absolute Gasteiger partial charge is 0.433 e. The molecule has 0 atom stereocenters. The van der Waals surface area contributed by atoms with Crippen LogP contribution in [0, 0.1) is 0 Å². The summed E-state index contributed by atoms with van der Waals surface area (Å²) in [6, 6.07) is 3.13. The van der Waals surface area contributed by atoms with E-state index >= 15 is 0 Å². The van der Waals surface area contributed by atoms with Crippen LogP contribution < -0.4 is 4.90 Å². The summed E-state index contributed by atoms with van der Waals surface area (Å²) in [4.78, 5) is 20.4. The Kier molecular flexibility index (Phi) is 5.80. The van der Waals surface area contributed by atoms with Crippen molar-refractivity contribution >= 4 is 21.9 Å². The molecule has 1 fully saturated rings. The lowest BCUT2D eigenvalue weighted by molar-refractivity contribution is -0.141. The van der Waals surface area contributed by atoms with Gasteiger partial charge < -0.3 is 14.1 Å². The zero-order valence-electron chi connectivity index (χ0n) is 15.2. The van der Waals surface area contributed by atoms with Crippen LogP contribution >= 0.6 is 0 Å². The number of sulfonamides is 1. The van der Waals surface area contributed by atoms with E-state index < -0.39 is 33.0 Å². The number of esters is 1. The largest absolute Gasteiger partial charge is 0.460 e. The molecule has 13 heteroatoms. The van der Waals surface area contributed by atoms with Crippen LogP contribution in [-0.4, -0.2) is 61.4 Å². The number of hydrogen-bond acceptors (Lipinski definition) is 8. The van der Waals surface area contributed by atoms with Gasteiger partial charge in [0.05, 0.1) is 6.61 Å². The molecule has 3 heterocycles. The number of furan rings is 1. The van der Waals surface area contributed by atoms with E-state index in [2.05, 4.69) is 9.97 Å². The van der Waals surface area contributed by atoms with E-state index in [1.54, 1.807) is 6.92 Å². The highest BCUT2D eigenvalue weighted by Crippen LogP contribution is 2.28. The second-order valence-corrected chi connectivity index (χ2v) is 7.84. The number of piperazine rings is 1. The number of hydrogen-bond donors (Lipinski definition) is 0. The maximum absolute atomic E-state index is 12.8. The van der Waals surface area contributed by atoms with Crippen molar-refractivity contribution in [1.82, 2.24) is 14.3 Å². The Morgan fingerprint density at radius 1 is 1.21 bits per heavy atom. The predicted molar refractivity (Wildman–Crippen MR) is 92.7 cm³/mol. The minimum absolute atomic E-state index is 0.0165. The van der Waals surface area contributed by atoms with Crippen molar-refractivity contribution in [2.24, 2.45) is 0 Å². The van der Waals surface area contributed by atoms with Crippen molar-refractivity contribution in [1.29, 1.82) is 0 Å². The fourth-order valence-corrected chi connectivity index (χ4v) is 4.02. The third-order valence-electron chi connectivity index (χ3n) is 4.11. The van der Waals surface area contributed by atoms with Gasteiger partial charge in [0.1, 0.15) is 5.69 Å². The van der Waals surface area contributed by atoms with Gasteiger partial charge in [0.25, 0.3) is 10.0 Å². The summed E-state index contributed by atoms with van der Waals surface area (Å²) in [6.45, 7) is 1.86. The summed E-state index contributed by atoms with van der Waals surface area (Å²) >= 11 is 0. The van der Waals surface area contributed by atoms with Gasteiger partial charge in [0, 0.05) is 32.4 Å². The highest BCUT2D eigenvalue weighted by Gasteiger charge is 2.35. The van der Waals surface area contributed by atoms with Crippen LogP contribution in [0.1, 0.15) is 23.2 Å². The number of carbonyl (C=O) groups is 1. The van der Waals surface area contributed by atoms with Gasteiger partial charge in [0.2, 0.25) is 16.8 Å². The Hall–Kier alpha value is -2.67. The van der Waals surface area contributed by atoms with E-state index in [0.717, 1.165) is 22.6 Å². The topological polar surface area (TPSA) is 106 Å². The molecule has 29 heavy (non-hydrogen) atoms. The van der Waals surface area contributed by atoms with Crippen molar-refractivity contribution in [2.45, 2.75) is 18.2 Å². The molecule has 0 N–H and O–H groups in total. The maximum Gasteiger partial charge on any atom is 0.433 e. The number of ether oxygens (including phenoxy) is 1. The van der Waals surface area contributed by atoms with E-state index in [1.165, 1.54) is 11.0 Å². The normalized spacial score (nSPS) is 16.1. The molecule has 0 amide bonds. The minimum atomic E-state index is -4.60. The number of alkyl halides is 3. The van der Waals surface area contributed by atoms with Gasteiger partial charge in [-0.1, -0.05) is 0 Å².